The summed E-state index contributed by atoms with van der Waals surface area (Å²) in [5.74, 6) is 1.08. The summed E-state index contributed by atoms with van der Waals surface area (Å²) in [6, 6.07) is 2.39. The first kappa shape index (κ1) is 18.1. The zero-order valence-electron chi connectivity index (χ0n) is 16.4. The van der Waals surface area contributed by atoms with E-state index in [9.17, 15) is 4.79 Å². The van der Waals surface area contributed by atoms with E-state index in [1.165, 1.54) is 6.42 Å². The third-order valence-electron chi connectivity index (χ3n) is 5.61. The second-order valence-electron chi connectivity index (χ2n) is 7.84. The van der Waals surface area contributed by atoms with Crippen LogP contribution in [0.15, 0.2) is 12.3 Å². The largest absolute Gasteiger partial charge is 0.338 e. The minimum Gasteiger partial charge on any atom is -0.338 e. The van der Waals surface area contributed by atoms with Crippen LogP contribution in [0.5, 0.6) is 0 Å². The molecule has 2 atom stereocenters. The second kappa shape index (κ2) is 7.38. The molecule has 2 aromatic rings. The Balaban J connectivity index is 1.41. The quantitative estimate of drug-likeness (QED) is 0.896. The number of carbonyl (C=O) groups excluding carboxylic acids is 1. The molecule has 0 spiro atoms. The average Bonchev–Trinajstić information content (AvgIpc) is 3.30. The summed E-state index contributed by atoms with van der Waals surface area (Å²) in [4.78, 5) is 24.1. The number of carbonyl (C=O) groups is 1. The number of nitrogens with zero attached hydrogens (tertiary/aromatic N) is 5. The highest BCUT2D eigenvalue weighted by molar-refractivity contribution is 5.76. The van der Waals surface area contributed by atoms with E-state index in [1.807, 2.05) is 35.7 Å². The van der Waals surface area contributed by atoms with Crippen LogP contribution in [0.2, 0.25) is 0 Å². The molecule has 4 rings (SSSR count). The summed E-state index contributed by atoms with van der Waals surface area (Å²) in [6.45, 7) is 8.45. The van der Waals surface area contributed by atoms with Gasteiger partial charge in [0.2, 0.25) is 5.91 Å². The first-order valence-corrected chi connectivity index (χ1v) is 9.90. The van der Waals surface area contributed by atoms with Crippen molar-refractivity contribution >= 4 is 5.91 Å². The van der Waals surface area contributed by atoms with Crippen molar-refractivity contribution in [2.24, 2.45) is 0 Å². The number of amides is 1. The highest BCUT2D eigenvalue weighted by atomic mass is 16.2. The maximum Gasteiger partial charge on any atom is 0.225 e. The van der Waals surface area contributed by atoms with Gasteiger partial charge in [0.05, 0.1) is 23.5 Å². The fraction of sp³-hybridized carbons (Fsp3) is 0.600. The van der Waals surface area contributed by atoms with Gasteiger partial charge in [0.1, 0.15) is 5.82 Å². The predicted molar refractivity (Wildman–Crippen MR) is 102 cm³/mol. The zero-order valence-corrected chi connectivity index (χ0v) is 16.4. The van der Waals surface area contributed by atoms with Crippen LogP contribution in [0.4, 0.5) is 0 Å². The lowest BCUT2D eigenvalue weighted by molar-refractivity contribution is -0.133. The van der Waals surface area contributed by atoms with Gasteiger partial charge in [-0.1, -0.05) is 0 Å². The van der Waals surface area contributed by atoms with Gasteiger partial charge in [-0.2, -0.15) is 5.10 Å². The van der Waals surface area contributed by atoms with Crippen LogP contribution < -0.4 is 5.32 Å². The summed E-state index contributed by atoms with van der Waals surface area (Å²) in [6.07, 6.45) is 5.47. The van der Waals surface area contributed by atoms with Crippen LogP contribution in [-0.4, -0.2) is 43.6 Å². The summed E-state index contributed by atoms with van der Waals surface area (Å²) in [7, 11) is 0. The lowest BCUT2D eigenvalue weighted by atomic mass is 10.1. The average molecular weight is 368 g/mol. The number of aromatic nitrogens is 4. The maximum absolute atomic E-state index is 12.8. The highest BCUT2D eigenvalue weighted by Gasteiger charge is 2.26. The van der Waals surface area contributed by atoms with Gasteiger partial charge in [-0.3, -0.25) is 9.48 Å². The minimum absolute atomic E-state index is 0.0552. The molecule has 1 saturated heterocycles. The lowest BCUT2D eigenvalue weighted by Gasteiger charge is -2.29. The molecule has 0 aromatic carbocycles. The summed E-state index contributed by atoms with van der Waals surface area (Å²) in [5.41, 5.74) is 4.26. The molecular formula is C20H28N6O. The molecule has 2 aliphatic rings. The number of rotatable bonds is 4. The molecule has 144 valence electrons. The molecule has 27 heavy (non-hydrogen) atoms. The van der Waals surface area contributed by atoms with Gasteiger partial charge >= 0.3 is 0 Å². The first-order valence-electron chi connectivity index (χ1n) is 9.90. The summed E-state index contributed by atoms with van der Waals surface area (Å²) < 4.78 is 1.95. The number of aryl methyl sites for hydroxylation is 2. The minimum atomic E-state index is 0.0552. The van der Waals surface area contributed by atoms with Gasteiger partial charge in [-0.15, -0.1) is 0 Å². The molecular weight excluding hydrogens is 340 g/mol. The molecule has 0 unspecified atom stereocenters. The van der Waals surface area contributed by atoms with Crippen molar-refractivity contribution in [3.63, 3.8) is 0 Å². The monoisotopic (exact) mass is 368 g/mol. The molecule has 1 amide bonds. The zero-order chi connectivity index (χ0) is 19.0. The van der Waals surface area contributed by atoms with Crippen LogP contribution in [0, 0.1) is 13.8 Å². The third kappa shape index (κ3) is 3.74. The Morgan fingerprint density at radius 2 is 2.26 bits per heavy atom. The Bertz CT molecular complexity index is 839. The van der Waals surface area contributed by atoms with Crippen LogP contribution >= 0.6 is 0 Å². The van der Waals surface area contributed by atoms with E-state index in [0.29, 0.717) is 13.0 Å². The Morgan fingerprint density at radius 1 is 1.41 bits per heavy atom. The lowest BCUT2D eigenvalue weighted by Crippen LogP contribution is -2.37. The van der Waals surface area contributed by atoms with Gasteiger partial charge in [-0.05, 0) is 46.2 Å². The third-order valence-corrected chi connectivity index (χ3v) is 5.61. The molecule has 1 fully saturated rings. The van der Waals surface area contributed by atoms with Gasteiger partial charge in [0, 0.05) is 43.4 Å². The summed E-state index contributed by atoms with van der Waals surface area (Å²) >= 11 is 0. The van der Waals surface area contributed by atoms with Crippen molar-refractivity contribution < 1.29 is 4.79 Å². The van der Waals surface area contributed by atoms with Crippen molar-refractivity contribution in [3.05, 3.63) is 40.7 Å². The fourth-order valence-corrected chi connectivity index (χ4v) is 4.18. The number of nitrogens with one attached hydrogen (secondary N) is 1. The van der Waals surface area contributed by atoms with Crippen LogP contribution in [-0.2, 0) is 17.8 Å². The molecule has 0 bridgehead atoms. The second-order valence-corrected chi connectivity index (χ2v) is 7.84. The first-order chi connectivity index (χ1) is 13.0. The molecule has 2 aliphatic heterocycles. The van der Waals surface area contributed by atoms with Crippen LogP contribution in [0.3, 0.4) is 0 Å². The highest BCUT2D eigenvalue weighted by Crippen LogP contribution is 2.24. The Labute approximate surface area is 160 Å². The summed E-state index contributed by atoms with van der Waals surface area (Å²) in [5, 5.41) is 7.96. The van der Waals surface area contributed by atoms with Gasteiger partial charge in [0.15, 0.2) is 0 Å². The van der Waals surface area contributed by atoms with E-state index in [-0.39, 0.29) is 18.0 Å². The molecule has 0 saturated carbocycles. The molecule has 0 aliphatic carbocycles. The number of hydrogen-bond acceptors (Lipinski definition) is 5. The molecule has 7 nitrogen and oxygen atoms in total. The van der Waals surface area contributed by atoms with E-state index < -0.39 is 0 Å². The van der Waals surface area contributed by atoms with Gasteiger partial charge < -0.3 is 10.2 Å². The topological polar surface area (TPSA) is 75.9 Å². The normalized spacial score (nSPS) is 20.6. The van der Waals surface area contributed by atoms with E-state index in [2.05, 4.69) is 22.3 Å². The predicted octanol–water partition coefficient (Wildman–Crippen LogP) is 2.25. The molecule has 4 heterocycles. The molecule has 7 heteroatoms. The van der Waals surface area contributed by atoms with E-state index in [1.54, 1.807) is 0 Å². The van der Waals surface area contributed by atoms with Gasteiger partial charge in [-0.25, -0.2) is 9.97 Å². The molecule has 0 radical (unpaired) electrons. The number of hydrogen-bond donors (Lipinski definition) is 1. The maximum atomic E-state index is 12.8. The van der Waals surface area contributed by atoms with Crippen molar-refractivity contribution in [3.8, 4) is 0 Å². The Hall–Kier alpha value is -2.28. The van der Waals surface area contributed by atoms with Crippen LogP contribution in [0.25, 0.3) is 0 Å². The SMILES string of the molecule is Cc1cc(C)n([C@@H](C)CC(=O)N2CCc3nc([C@H]4CCCN4)ncc3C2)n1. The Kier molecular flexibility index (Phi) is 4.95. The van der Waals surface area contributed by atoms with Gasteiger partial charge in [0.25, 0.3) is 0 Å². The smallest absolute Gasteiger partial charge is 0.225 e. The number of fused-ring (bicyclic) bond motifs is 1. The van der Waals surface area contributed by atoms with E-state index >= 15 is 0 Å². The molecule has 2 aromatic heterocycles. The Morgan fingerprint density at radius 3 is 2.96 bits per heavy atom. The standard InChI is InChI=1S/C20H28N6O/c1-13-9-14(2)26(24-13)15(3)10-19(27)25-8-6-17-16(12-25)11-22-20(23-17)18-5-4-7-21-18/h9,11,15,18,21H,4-8,10,12H2,1-3H3/t15-,18+/m0/s1. The van der Waals surface area contributed by atoms with Crippen molar-refractivity contribution in [2.45, 2.75) is 65.1 Å². The van der Waals surface area contributed by atoms with Crippen molar-refractivity contribution in [1.29, 1.82) is 0 Å². The van der Waals surface area contributed by atoms with Crippen molar-refractivity contribution in [2.75, 3.05) is 13.1 Å². The van der Waals surface area contributed by atoms with E-state index in [4.69, 9.17) is 4.98 Å². The van der Waals surface area contributed by atoms with Crippen LogP contribution in [0.1, 0.15) is 66.7 Å². The van der Waals surface area contributed by atoms with E-state index in [0.717, 1.165) is 54.4 Å². The fourth-order valence-electron chi connectivity index (χ4n) is 4.18. The molecule has 1 N–H and O–H groups in total. The van der Waals surface area contributed by atoms with Crippen molar-refractivity contribution in [1.82, 2.24) is 30.0 Å².